The van der Waals surface area contributed by atoms with Gasteiger partial charge in [-0.05, 0) is 30.3 Å². The predicted octanol–water partition coefficient (Wildman–Crippen LogP) is 2.97. The summed E-state index contributed by atoms with van der Waals surface area (Å²) < 4.78 is 20.8. The van der Waals surface area contributed by atoms with Crippen molar-refractivity contribution in [2.75, 3.05) is 0 Å². The Morgan fingerprint density at radius 3 is 2.68 bits per heavy atom. The van der Waals surface area contributed by atoms with Gasteiger partial charge < -0.3 is 19.4 Å². The van der Waals surface area contributed by atoms with E-state index in [9.17, 15) is 19.1 Å². The first-order chi connectivity index (χ1) is 13.5. The first kappa shape index (κ1) is 16.4. The minimum atomic E-state index is -1.55. The number of urea groups is 1. The molecular weight excluding hydrogens is 365 g/mol. The molecule has 8 heteroatoms. The Hall–Kier alpha value is -3.81. The Morgan fingerprint density at radius 2 is 1.93 bits per heavy atom. The molecule has 1 fully saturated rings. The summed E-state index contributed by atoms with van der Waals surface area (Å²) in [4.78, 5) is 24.7. The number of carbonyl (C=O) groups is 2. The number of amides is 3. The Balaban J connectivity index is 1.67. The molecule has 1 aliphatic heterocycles. The smallest absolute Gasteiger partial charge is 0.322 e. The molecule has 0 spiro atoms. The molecular formula is C20H14FN3O4. The molecule has 4 aromatic rings. The number of carbonyl (C=O) groups excluding carboxylic acids is 2. The maximum absolute atomic E-state index is 13.5. The lowest BCUT2D eigenvalue weighted by molar-refractivity contribution is -0.125. The van der Waals surface area contributed by atoms with E-state index in [0.717, 1.165) is 5.39 Å². The highest BCUT2D eigenvalue weighted by molar-refractivity contribution is 6.07. The molecule has 3 amide bonds. The van der Waals surface area contributed by atoms with E-state index in [1.165, 1.54) is 22.8 Å². The van der Waals surface area contributed by atoms with Gasteiger partial charge in [0.2, 0.25) is 0 Å². The van der Waals surface area contributed by atoms with Gasteiger partial charge in [0, 0.05) is 22.4 Å². The van der Waals surface area contributed by atoms with Crippen molar-refractivity contribution in [3.8, 4) is 5.88 Å². The Kier molecular flexibility index (Phi) is 3.27. The van der Waals surface area contributed by atoms with Crippen molar-refractivity contribution >= 4 is 33.7 Å². The van der Waals surface area contributed by atoms with E-state index < -0.39 is 23.3 Å². The third kappa shape index (κ3) is 2.27. The fraction of sp³-hybridized carbons (Fsp3) is 0.100. The van der Waals surface area contributed by atoms with Crippen molar-refractivity contribution in [2.45, 2.75) is 12.1 Å². The number of imide groups is 1. The number of fused-ring (bicyclic) bond motifs is 2. The summed E-state index contributed by atoms with van der Waals surface area (Å²) in [6.07, 6.45) is 1.59. The van der Waals surface area contributed by atoms with Gasteiger partial charge in [0.05, 0.1) is 6.54 Å². The summed E-state index contributed by atoms with van der Waals surface area (Å²) in [6.45, 7) is -0.132. The lowest BCUT2D eigenvalue weighted by atomic mass is 9.96. The van der Waals surface area contributed by atoms with Crippen molar-refractivity contribution in [1.29, 1.82) is 0 Å². The summed E-state index contributed by atoms with van der Waals surface area (Å²) in [7, 11) is 0. The van der Waals surface area contributed by atoms with E-state index in [1.54, 1.807) is 24.4 Å². The van der Waals surface area contributed by atoms with Crippen molar-refractivity contribution in [2.24, 2.45) is 0 Å². The first-order valence-electron chi connectivity index (χ1n) is 8.56. The number of rotatable bonds is 3. The van der Waals surface area contributed by atoms with Gasteiger partial charge in [-0.15, -0.1) is 0 Å². The zero-order valence-corrected chi connectivity index (χ0v) is 14.4. The van der Waals surface area contributed by atoms with Crippen LogP contribution in [0.15, 0.2) is 59.1 Å². The number of furan rings is 1. The average Bonchev–Trinajstić information content (AvgIpc) is 3.31. The van der Waals surface area contributed by atoms with Crippen LogP contribution in [0.2, 0.25) is 0 Å². The van der Waals surface area contributed by atoms with E-state index in [-0.39, 0.29) is 18.2 Å². The van der Waals surface area contributed by atoms with Crippen LogP contribution in [0.3, 0.4) is 0 Å². The van der Waals surface area contributed by atoms with Crippen LogP contribution >= 0.6 is 0 Å². The molecule has 0 bridgehead atoms. The molecule has 5 rings (SSSR count). The average molecular weight is 379 g/mol. The fourth-order valence-electron chi connectivity index (χ4n) is 3.64. The van der Waals surface area contributed by atoms with Gasteiger partial charge in [0.25, 0.3) is 5.91 Å². The van der Waals surface area contributed by atoms with Crippen molar-refractivity contribution in [3.05, 3.63) is 66.3 Å². The minimum absolute atomic E-state index is 0.132. The monoisotopic (exact) mass is 379 g/mol. The van der Waals surface area contributed by atoms with Crippen LogP contribution in [0.4, 0.5) is 9.18 Å². The second kappa shape index (κ2) is 5.59. The Labute approximate surface area is 157 Å². The first-order valence-corrected chi connectivity index (χ1v) is 8.56. The lowest BCUT2D eigenvalue weighted by Gasteiger charge is -2.24. The van der Waals surface area contributed by atoms with Gasteiger partial charge in [-0.2, -0.15) is 0 Å². The van der Waals surface area contributed by atoms with Gasteiger partial charge >= 0.3 is 6.03 Å². The zero-order chi connectivity index (χ0) is 19.5. The van der Waals surface area contributed by atoms with Crippen LogP contribution in [0, 0.1) is 5.82 Å². The van der Waals surface area contributed by atoms with Crippen LogP contribution in [0.1, 0.15) is 5.76 Å². The van der Waals surface area contributed by atoms with Gasteiger partial charge in [-0.25, -0.2) is 9.18 Å². The molecule has 1 atom stereocenters. The van der Waals surface area contributed by atoms with E-state index in [2.05, 4.69) is 10.6 Å². The molecule has 28 heavy (non-hydrogen) atoms. The summed E-state index contributed by atoms with van der Waals surface area (Å²) in [5.74, 6) is -1.06. The van der Waals surface area contributed by atoms with Crippen LogP contribution in [0.5, 0.6) is 5.88 Å². The number of aromatic hydroxyl groups is 1. The Bertz CT molecular complexity index is 1240. The Morgan fingerprint density at radius 1 is 1.11 bits per heavy atom. The second-order valence-electron chi connectivity index (χ2n) is 6.77. The summed E-state index contributed by atoms with van der Waals surface area (Å²) in [5.41, 5.74) is -0.990. The number of aromatic nitrogens is 1. The van der Waals surface area contributed by atoms with Gasteiger partial charge in [0.15, 0.2) is 11.4 Å². The largest absolute Gasteiger partial charge is 0.494 e. The molecule has 0 unspecified atom stereocenters. The minimum Gasteiger partial charge on any atom is -0.494 e. The highest BCUT2D eigenvalue weighted by Gasteiger charge is 2.51. The maximum Gasteiger partial charge on any atom is 0.322 e. The van der Waals surface area contributed by atoms with Gasteiger partial charge in [-0.1, -0.05) is 18.2 Å². The quantitative estimate of drug-likeness (QED) is 0.477. The molecule has 1 aliphatic rings. The molecule has 1 saturated heterocycles. The fourth-order valence-corrected chi connectivity index (χ4v) is 3.64. The molecule has 2 aromatic heterocycles. The third-order valence-electron chi connectivity index (χ3n) is 5.02. The van der Waals surface area contributed by atoms with E-state index >= 15 is 0 Å². The van der Waals surface area contributed by atoms with Crippen LogP contribution in [-0.2, 0) is 16.9 Å². The number of para-hydroxylation sites is 1. The van der Waals surface area contributed by atoms with Crippen molar-refractivity contribution in [3.63, 3.8) is 0 Å². The zero-order valence-electron chi connectivity index (χ0n) is 14.4. The second-order valence-corrected chi connectivity index (χ2v) is 6.77. The molecule has 0 radical (unpaired) electrons. The lowest BCUT2D eigenvalue weighted by Crippen LogP contribution is -2.47. The molecule has 0 saturated carbocycles. The van der Waals surface area contributed by atoms with Crippen molar-refractivity contribution in [1.82, 2.24) is 15.2 Å². The topological polar surface area (TPSA) is 96.5 Å². The molecule has 140 valence electrons. The highest BCUT2D eigenvalue weighted by Crippen LogP contribution is 2.35. The number of halogens is 1. The third-order valence-corrected chi connectivity index (χ3v) is 5.02. The van der Waals surface area contributed by atoms with Crippen LogP contribution in [0.25, 0.3) is 21.7 Å². The molecule has 7 nitrogen and oxygen atoms in total. The SMILES string of the molecule is O=C1NC(=O)[C@](Cn2cc3ccc(F)cc3c2O)(c2cc3ccccc3o2)N1. The highest BCUT2D eigenvalue weighted by atomic mass is 19.1. The van der Waals surface area contributed by atoms with Gasteiger partial charge in [0.1, 0.15) is 17.2 Å². The number of hydrogen-bond acceptors (Lipinski definition) is 4. The predicted molar refractivity (Wildman–Crippen MR) is 98.1 cm³/mol. The van der Waals surface area contributed by atoms with Crippen molar-refractivity contribution < 1.29 is 23.5 Å². The molecule has 0 aliphatic carbocycles. The summed E-state index contributed by atoms with van der Waals surface area (Å²) >= 11 is 0. The number of nitrogens with zero attached hydrogens (tertiary/aromatic N) is 1. The van der Waals surface area contributed by atoms with E-state index in [1.807, 2.05) is 12.1 Å². The summed E-state index contributed by atoms with van der Waals surface area (Å²) in [5, 5.41) is 17.1. The standard InChI is InChI=1S/C20H14FN3O4/c21-13-6-5-12-9-24(17(25)14(12)8-13)10-20(18(26)22-19(27)23-20)16-7-11-3-1-2-4-15(11)28-16/h1-9,25H,10H2,(H2,22,23,26,27)/t20-/m0/s1. The normalized spacial score (nSPS) is 19.3. The number of nitrogens with one attached hydrogen (secondary N) is 2. The number of hydrogen-bond donors (Lipinski definition) is 3. The van der Waals surface area contributed by atoms with Gasteiger partial charge in [-0.3, -0.25) is 10.1 Å². The summed E-state index contributed by atoms with van der Waals surface area (Å²) in [6, 6.07) is 12.3. The van der Waals surface area contributed by atoms with Crippen LogP contribution < -0.4 is 10.6 Å². The number of benzene rings is 2. The van der Waals surface area contributed by atoms with Crippen LogP contribution in [-0.4, -0.2) is 21.6 Å². The van der Waals surface area contributed by atoms with E-state index in [4.69, 9.17) is 4.42 Å². The molecule has 2 aromatic carbocycles. The molecule has 3 heterocycles. The maximum atomic E-state index is 13.5. The molecule has 3 N–H and O–H groups in total. The van der Waals surface area contributed by atoms with E-state index in [0.29, 0.717) is 16.4 Å².